The normalized spacial score (nSPS) is 27.2. The van der Waals surface area contributed by atoms with Crippen LogP contribution in [0.3, 0.4) is 0 Å². The number of nitrogens with zero attached hydrogens (tertiary/aromatic N) is 2. The topological polar surface area (TPSA) is 18.5 Å². The van der Waals surface area contributed by atoms with Crippen LogP contribution in [-0.4, -0.2) is 61.7 Å². The predicted molar refractivity (Wildman–Crippen MR) is 59.6 cm³/mol. The maximum atomic E-state index is 3.46. The number of hydrogen-bond donors (Lipinski definition) is 1. The Morgan fingerprint density at radius 3 is 2.86 bits per heavy atom. The first-order chi connectivity index (χ1) is 6.90. The van der Waals surface area contributed by atoms with Crippen molar-refractivity contribution in [1.29, 1.82) is 0 Å². The highest BCUT2D eigenvalue weighted by Crippen LogP contribution is 2.15. The minimum Gasteiger partial charge on any atom is -0.315 e. The fourth-order valence-corrected chi connectivity index (χ4v) is 2.50. The van der Waals surface area contributed by atoms with Gasteiger partial charge < -0.3 is 10.2 Å². The van der Waals surface area contributed by atoms with Gasteiger partial charge in [0, 0.05) is 32.2 Å². The Labute approximate surface area is 87.4 Å². The number of hydrogen-bond acceptors (Lipinski definition) is 3. The Bertz CT molecular complexity index is 158. The third-order valence-corrected chi connectivity index (χ3v) is 3.37. The smallest absolute Gasteiger partial charge is 0.0351 e. The van der Waals surface area contributed by atoms with Crippen LogP contribution in [0.4, 0.5) is 0 Å². The van der Waals surface area contributed by atoms with Crippen LogP contribution in [0.1, 0.15) is 19.8 Å². The largest absolute Gasteiger partial charge is 0.315 e. The summed E-state index contributed by atoms with van der Waals surface area (Å²) in [5.74, 6) is 0. The second kappa shape index (κ2) is 5.10. The van der Waals surface area contributed by atoms with E-state index >= 15 is 0 Å². The lowest BCUT2D eigenvalue weighted by molar-refractivity contribution is 0.0379. The molecule has 0 saturated carbocycles. The molecule has 2 aliphatic rings. The summed E-state index contributed by atoms with van der Waals surface area (Å²) < 4.78 is 0. The molecule has 0 bridgehead atoms. The molecule has 0 aromatic heterocycles. The molecule has 0 spiro atoms. The van der Waals surface area contributed by atoms with Gasteiger partial charge in [0.05, 0.1) is 0 Å². The third-order valence-electron chi connectivity index (χ3n) is 3.37. The van der Waals surface area contributed by atoms with Crippen LogP contribution in [0.5, 0.6) is 0 Å². The third kappa shape index (κ3) is 2.47. The van der Waals surface area contributed by atoms with E-state index in [0.717, 1.165) is 6.04 Å². The van der Waals surface area contributed by atoms with E-state index in [2.05, 4.69) is 22.0 Å². The maximum Gasteiger partial charge on any atom is 0.0351 e. The van der Waals surface area contributed by atoms with Crippen molar-refractivity contribution in [3.05, 3.63) is 0 Å². The van der Waals surface area contributed by atoms with E-state index in [0.29, 0.717) is 0 Å². The van der Waals surface area contributed by atoms with E-state index in [1.807, 2.05) is 0 Å². The summed E-state index contributed by atoms with van der Waals surface area (Å²) in [7, 11) is 0. The second-order valence-electron chi connectivity index (χ2n) is 4.55. The fourth-order valence-electron chi connectivity index (χ4n) is 2.50. The van der Waals surface area contributed by atoms with Gasteiger partial charge in [-0.05, 0) is 32.5 Å². The summed E-state index contributed by atoms with van der Waals surface area (Å²) in [6.45, 7) is 11.1. The molecule has 0 amide bonds. The van der Waals surface area contributed by atoms with Crippen LogP contribution in [-0.2, 0) is 0 Å². The Hall–Kier alpha value is -0.120. The van der Waals surface area contributed by atoms with Crippen LogP contribution < -0.4 is 5.32 Å². The van der Waals surface area contributed by atoms with Gasteiger partial charge in [-0.25, -0.2) is 0 Å². The van der Waals surface area contributed by atoms with Crippen molar-refractivity contribution < 1.29 is 0 Å². The van der Waals surface area contributed by atoms with Gasteiger partial charge in [-0.2, -0.15) is 0 Å². The lowest BCUT2D eigenvalue weighted by Gasteiger charge is -2.45. The number of rotatable bonds is 3. The molecule has 3 heteroatoms. The van der Waals surface area contributed by atoms with Crippen LogP contribution >= 0.6 is 0 Å². The summed E-state index contributed by atoms with van der Waals surface area (Å²) in [5.41, 5.74) is 0. The van der Waals surface area contributed by atoms with Crippen molar-refractivity contribution >= 4 is 0 Å². The monoisotopic (exact) mass is 197 g/mol. The molecule has 2 aliphatic heterocycles. The van der Waals surface area contributed by atoms with E-state index in [9.17, 15) is 0 Å². The molecule has 14 heavy (non-hydrogen) atoms. The summed E-state index contributed by atoms with van der Waals surface area (Å²) in [6, 6.07) is 0.862. The van der Waals surface area contributed by atoms with Gasteiger partial charge in [0.2, 0.25) is 0 Å². The maximum absolute atomic E-state index is 3.46. The summed E-state index contributed by atoms with van der Waals surface area (Å²) in [5, 5.41) is 3.46. The molecule has 2 heterocycles. The first-order valence-corrected chi connectivity index (χ1v) is 6.07. The second-order valence-corrected chi connectivity index (χ2v) is 4.55. The molecule has 0 aliphatic carbocycles. The average Bonchev–Trinajstić information content (AvgIpc) is 2.38. The molecule has 1 N–H and O–H groups in total. The quantitative estimate of drug-likeness (QED) is 0.705. The number of likely N-dealkylation sites (tertiary alicyclic amines) is 1. The molecular weight excluding hydrogens is 174 g/mol. The minimum absolute atomic E-state index is 0.862. The van der Waals surface area contributed by atoms with Crippen molar-refractivity contribution in [3.8, 4) is 0 Å². The minimum atomic E-state index is 0.862. The van der Waals surface area contributed by atoms with Gasteiger partial charge in [0.25, 0.3) is 0 Å². The van der Waals surface area contributed by atoms with Crippen molar-refractivity contribution in [3.63, 3.8) is 0 Å². The summed E-state index contributed by atoms with van der Waals surface area (Å²) in [6.07, 6.45) is 2.62. The molecule has 0 aromatic carbocycles. The Morgan fingerprint density at radius 2 is 2.07 bits per heavy atom. The summed E-state index contributed by atoms with van der Waals surface area (Å²) >= 11 is 0. The highest BCUT2D eigenvalue weighted by molar-refractivity contribution is 4.88. The lowest BCUT2D eigenvalue weighted by Crippen LogP contribution is -2.59. The zero-order chi connectivity index (χ0) is 9.80. The molecule has 0 aromatic rings. The van der Waals surface area contributed by atoms with Crippen molar-refractivity contribution in [1.82, 2.24) is 15.1 Å². The highest BCUT2D eigenvalue weighted by atomic mass is 15.3. The van der Waals surface area contributed by atoms with Crippen LogP contribution in [0.25, 0.3) is 0 Å². The van der Waals surface area contributed by atoms with Gasteiger partial charge in [-0.15, -0.1) is 0 Å². The molecule has 2 fully saturated rings. The predicted octanol–water partition coefficient (Wildman–Crippen LogP) is 0.376. The SMILES string of the molecule is CCCN1CC(N2CCCNCC2)C1. The first kappa shape index (κ1) is 10.4. The van der Waals surface area contributed by atoms with Gasteiger partial charge in [-0.1, -0.05) is 6.92 Å². The molecule has 82 valence electrons. The van der Waals surface area contributed by atoms with Gasteiger partial charge >= 0.3 is 0 Å². The number of nitrogens with one attached hydrogen (secondary N) is 1. The molecule has 2 rings (SSSR count). The molecule has 0 atom stereocenters. The summed E-state index contributed by atoms with van der Waals surface area (Å²) in [4.78, 5) is 5.25. The molecule has 0 unspecified atom stereocenters. The van der Waals surface area contributed by atoms with Crippen LogP contribution in [0.2, 0.25) is 0 Å². The van der Waals surface area contributed by atoms with E-state index < -0.39 is 0 Å². The zero-order valence-electron chi connectivity index (χ0n) is 9.34. The molecule has 0 radical (unpaired) electrons. The van der Waals surface area contributed by atoms with Crippen molar-refractivity contribution in [2.45, 2.75) is 25.8 Å². The van der Waals surface area contributed by atoms with Gasteiger partial charge in [0.1, 0.15) is 0 Å². The standard InChI is InChI=1S/C11H23N3/c1-2-6-13-9-11(10-13)14-7-3-4-12-5-8-14/h11-12H,2-10H2,1H3. The Balaban J connectivity index is 1.69. The van der Waals surface area contributed by atoms with Gasteiger partial charge in [-0.3, -0.25) is 4.90 Å². The molecule has 2 saturated heterocycles. The van der Waals surface area contributed by atoms with Gasteiger partial charge in [0.15, 0.2) is 0 Å². The zero-order valence-corrected chi connectivity index (χ0v) is 9.34. The highest BCUT2D eigenvalue weighted by Gasteiger charge is 2.30. The average molecular weight is 197 g/mol. The molecule has 3 nitrogen and oxygen atoms in total. The van der Waals surface area contributed by atoms with Crippen LogP contribution in [0, 0.1) is 0 Å². The lowest BCUT2D eigenvalue weighted by atomic mass is 10.1. The Morgan fingerprint density at radius 1 is 1.21 bits per heavy atom. The van der Waals surface area contributed by atoms with Crippen LogP contribution in [0.15, 0.2) is 0 Å². The van der Waals surface area contributed by atoms with Crippen molar-refractivity contribution in [2.24, 2.45) is 0 Å². The Kier molecular flexibility index (Phi) is 3.79. The first-order valence-electron chi connectivity index (χ1n) is 6.07. The van der Waals surface area contributed by atoms with E-state index in [4.69, 9.17) is 0 Å². The van der Waals surface area contributed by atoms with E-state index in [1.54, 1.807) is 0 Å². The van der Waals surface area contributed by atoms with Crippen molar-refractivity contribution in [2.75, 3.05) is 45.8 Å². The van der Waals surface area contributed by atoms with E-state index in [1.165, 1.54) is 58.7 Å². The molecular formula is C11H23N3. The van der Waals surface area contributed by atoms with E-state index in [-0.39, 0.29) is 0 Å². The fraction of sp³-hybridized carbons (Fsp3) is 1.00.